The van der Waals surface area contributed by atoms with Crippen LogP contribution in [0, 0.1) is 0 Å². The van der Waals surface area contributed by atoms with E-state index >= 15 is 0 Å². The Morgan fingerprint density at radius 1 is 1.43 bits per heavy atom. The summed E-state index contributed by atoms with van der Waals surface area (Å²) in [6.07, 6.45) is 2.14. The molecule has 1 aromatic rings. The number of rotatable bonds is 4. The topological polar surface area (TPSA) is 64.9 Å². The van der Waals surface area contributed by atoms with Gasteiger partial charge in [-0.05, 0) is 32.8 Å². The van der Waals surface area contributed by atoms with E-state index in [2.05, 4.69) is 15.4 Å². The minimum atomic E-state index is 0.0720. The number of fused-ring (bicyclic) bond motifs is 1. The van der Waals surface area contributed by atoms with Gasteiger partial charge in [-0.2, -0.15) is 0 Å². The first kappa shape index (κ1) is 15.4. The molecule has 0 unspecified atom stereocenters. The van der Waals surface area contributed by atoms with Crippen LogP contribution in [0.5, 0.6) is 0 Å². The van der Waals surface area contributed by atoms with E-state index in [1.54, 1.807) is 0 Å². The van der Waals surface area contributed by atoms with E-state index in [0.717, 1.165) is 36.3 Å². The number of carbonyl (C=O) groups excluding carboxylic acids is 1. The number of nitrogens with zero attached hydrogens (tertiary/aromatic N) is 2. The lowest BCUT2D eigenvalue weighted by molar-refractivity contribution is -0.121. The molecule has 1 aliphatic rings. The van der Waals surface area contributed by atoms with Gasteiger partial charge in [0.2, 0.25) is 5.91 Å². The monoisotopic (exact) mass is 289 g/mol. The number of benzene rings is 1. The minimum Gasteiger partial charge on any atom is -0.411 e. The lowest BCUT2D eigenvalue weighted by Crippen LogP contribution is -2.34. The van der Waals surface area contributed by atoms with Crippen LogP contribution in [-0.4, -0.2) is 36.0 Å². The zero-order valence-electron chi connectivity index (χ0n) is 12.7. The van der Waals surface area contributed by atoms with E-state index in [1.807, 2.05) is 38.1 Å². The lowest BCUT2D eigenvalue weighted by atomic mass is 10.1. The summed E-state index contributed by atoms with van der Waals surface area (Å²) in [7, 11) is 0. The van der Waals surface area contributed by atoms with Gasteiger partial charge in [0.25, 0.3) is 0 Å². The van der Waals surface area contributed by atoms with Gasteiger partial charge in [-0.3, -0.25) is 4.79 Å². The maximum absolute atomic E-state index is 11.8. The zero-order valence-corrected chi connectivity index (χ0v) is 12.7. The first-order valence-electron chi connectivity index (χ1n) is 7.46. The van der Waals surface area contributed by atoms with E-state index in [4.69, 9.17) is 0 Å². The first-order chi connectivity index (χ1) is 10.1. The Kier molecular flexibility index (Phi) is 5.20. The molecule has 0 radical (unpaired) electrons. The van der Waals surface area contributed by atoms with Crippen molar-refractivity contribution >= 4 is 17.3 Å². The predicted molar refractivity (Wildman–Crippen MR) is 84.1 cm³/mol. The van der Waals surface area contributed by atoms with Gasteiger partial charge in [-0.1, -0.05) is 23.4 Å². The summed E-state index contributed by atoms with van der Waals surface area (Å²) >= 11 is 0. The highest BCUT2D eigenvalue weighted by Gasteiger charge is 2.20. The van der Waals surface area contributed by atoms with Gasteiger partial charge in [0.1, 0.15) is 0 Å². The number of para-hydroxylation sites is 1. The molecule has 5 nitrogen and oxygen atoms in total. The highest BCUT2D eigenvalue weighted by molar-refractivity contribution is 6.05. The Bertz CT molecular complexity index is 526. The number of hydrogen-bond acceptors (Lipinski definition) is 4. The number of nitrogens with one attached hydrogen (secondary N) is 1. The van der Waals surface area contributed by atoms with E-state index in [0.29, 0.717) is 13.0 Å². The van der Waals surface area contributed by atoms with Gasteiger partial charge in [0, 0.05) is 36.8 Å². The summed E-state index contributed by atoms with van der Waals surface area (Å²) in [6.45, 7) is 5.46. The molecule has 114 valence electrons. The van der Waals surface area contributed by atoms with Gasteiger partial charge < -0.3 is 15.4 Å². The SMILES string of the molecule is CC(C)NC(=O)CCN1CCC/C(=N/O)c2ccccc21. The quantitative estimate of drug-likeness (QED) is 0.660. The Morgan fingerprint density at radius 3 is 2.90 bits per heavy atom. The van der Waals surface area contributed by atoms with Crippen LogP contribution in [0.2, 0.25) is 0 Å². The smallest absolute Gasteiger partial charge is 0.221 e. The van der Waals surface area contributed by atoms with Crippen LogP contribution in [0.15, 0.2) is 29.4 Å². The fourth-order valence-electron chi connectivity index (χ4n) is 2.65. The number of anilines is 1. The summed E-state index contributed by atoms with van der Waals surface area (Å²) in [6, 6.07) is 8.07. The van der Waals surface area contributed by atoms with Crippen molar-refractivity contribution < 1.29 is 10.0 Å². The second-order valence-electron chi connectivity index (χ2n) is 5.63. The summed E-state index contributed by atoms with van der Waals surface area (Å²) in [5, 5.41) is 15.5. The van der Waals surface area contributed by atoms with Gasteiger partial charge in [0.15, 0.2) is 0 Å². The van der Waals surface area contributed by atoms with E-state index < -0.39 is 0 Å². The van der Waals surface area contributed by atoms with Crippen LogP contribution < -0.4 is 10.2 Å². The van der Waals surface area contributed by atoms with Crippen LogP contribution >= 0.6 is 0 Å². The molecule has 21 heavy (non-hydrogen) atoms. The molecule has 1 heterocycles. The Hall–Kier alpha value is -2.04. The molecule has 0 atom stereocenters. The molecule has 2 N–H and O–H groups in total. The third kappa shape index (κ3) is 3.97. The molecule has 5 heteroatoms. The molecule has 0 bridgehead atoms. The Morgan fingerprint density at radius 2 is 2.19 bits per heavy atom. The Labute approximate surface area is 125 Å². The molecule has 0 saturated heterocycles. The summed E-state index contributed by atoms with van der Waals surface area (Å²) in [4.78, 5) is 14.0. The highest BCUT2D eigenvalue weighted by Crippen LogP contribution is 2.26. The fourth-order valence-corrected chi connectivity index (χ4v) is 2.65. The van der Waals surface area contributed by atoms with Gasteiger partial charge in [-0.25, -0.2) is 0 Å². The second-order valence-corrected chi connectivity index (χ2v) is 5.63. The second kappa shape index (κ2) is 7.11. The molecule has 0 aromatic heterocycles. The molecular formula is C16H23N3O2. The van der Waals surface area contributed by atoms with Gasteiger partial charge in [0.05, 0.1) is 5.71 Å². The minimum absolute atomic E-state index is 0.0720. The zero-order chi connectivity index (χ0) is 15.2. The summed E-state index contributed by atoms with van der Waals surface area (Å²) in [5.74, 6) is 0.0720. The maximum atomic E-state index is 11.8. The van der Waals surface area contributed by atoms with Crippen molar-refractivity contribution in [3.05, 3.63) is 29.8 Å². The summed E-state index contributed by atoms with van der Waals surface area (Å²) < 4.78 is 0. The van der Waals surface area contributed by atoms with Crippen molar-refractivity contribution in [2.24, 2.45) is 5.16 Å². The molecular weight excluding hydrogens is 266 g/mol. The van der Waals surface area contributed by atoms with Crippen molar-refractivity contribution in [2.75, 3.05) is 18.0 Å². The normalized spacial score (nSPS) is 16.7. The molecule has 0 saturated carbocycles. The lowest BCUT2D eigenvalue weighted by Gasteiger charge is -2.24. The highest BCUT2D eigenvalue weighted by atomic mass is 16.4. The summed E-state index contributed by atoms with van der Waals surface area (Å²) in [5.41, 5.74) is 2.72. The molecule has 2 rings (SSSR count). The number of hydrogen-bond donors (Lipinski definition) is 2. The molecule has 0 fully saturated rings. The van der Waals surface area contributed by atoms with E-state index in [1.165, 1.54) is 0 Å². The average Bonchev–Trinajstić information content (AvgIpc) is 2.63. The molecule has 1 aliphatic heterocycles. The maximum Gasteiger partial charge on any atom is 0.221 e. The van der Waals surface area contributed by atoms with Crippen LogP contribution in [0.25, 0.3) is 0 Å². The number of amides is 1. The van der Waals surface area contributed by atoms with Crippen LogP contribution in [0.1, 0.15) is 38.7 Å². The van der Waals surface area contributed by atoms with Crippen LogP contribution in [0.4, 0.5) is 5.69 Å². The fraction of sp³-hybridized carbons (Fsp3) is 0.500. The van der Waals surface area contributed by atoms with Crippen LogP contribution in [-0.2, 0) is 4.79 Å². The molecule has 0 spiro atoms. The van der Waals surface area contributed by atoms with E-state index in [9.17, 15) is 10.0 Å². The predicted octanol–water partition coefficient (Wildman–Crippen LogP) is 2.38. The Balaban J connectivity index is 2.11. The van der Waals surface area contributed by atoms with Crippen molar-refractivity contribution in [1.82, 2.24) is 5.32 Å². The van der Waals surface area contributed by atoms with E-state index in [-0.39, 0.29) is 11.9 Å². The number of oxime groups is 1. The van der Waals surface area contributed by atoms with Crippen molar-refractivity contribution in [3.8, 4) is 0 Å². The third-order valence-electron chi connectivity index (χ3n) is 3.58. The number of carbonyl (C=O) groups is 1. The van der Waals surface area contributed by atoms with Gasteiger partial charge >= 0.3 is 0 Å². The van der Waals surface area contributed by atoms with Crippen molar-refractivity contribution in [2.45, 2.75) is 39.2 Å². The average molecular weight is 289 g/mol. The first-order valence-corrected chi connectivity index (χ1v) is 7.46. The standard InChI is InChI=1S/C16H23N3O2/c1-12(2)17-16(20)9-11-19-10-5-7-14(18-21)13-6-3-4-8-15(13)19/h3-4,6,8,12,21H,5,7,9-11H2,1-2H3,(H,17,20)/b18-14-. The molecule has 1 aromatic carbocycles. The van der Waals surface area contributed by atoms with Crippen LogP contribution in [0.3, 0.4) is 0 Å². The van der Waals surface area contributed by atoms with Crippen molar-refractivity contribution in [1.29, 1.82) is 0 Å². The largest absolute Gasteiger partial charge is 0.411 e. The molecule has 0 aliphatic carbocycles. The van der Waals surface area contributed by atoms with Gasteiger partial charge in [-0.15, -0.1) is 0 Å². The van der Waals surface area contributed by atoms with Crippen molar-refractivity contribution in [3.63, 3.8) is 0 Å². The third-order valence-corrected chi connectivity index (χ3v) is 3.58. The molecule has 1 amide bonds.